The molecule has 2 heterocycles. The predicted octanol–water partition coefficient (Wildman–Crippen LogP) is 2.93. The van der Waals surface area contributed by atoms with Gasteiger partial charge < -0.3 is 19.4 Å². The van der Waals surface area contributed by atoms with Crippen LogP contribution in [0, 0.1) is 11.8 Å². The van der Waals surface area contributed by atoms with Crippen molar-refractivity contribution in [1.82, 2.24) is 14.9 Å². The second kappa shape index (κ2) is 8.41. The maximum absolute atomic E-state index is 12.5. The molecule has 31 heavy (non-hydrogen) atoms. The molecule has 0 aliphatic heterocycles. The number of pyridine rings is 2. The number of carbonyl (C=O) groups is 1. The number of hydrogen-bond acceptors (Lipinski definition) is 5. The molecule has 0 unspecified atom stereocenters. The Morgan fingerprint density at radius 2 is 1.87 bits per heavy atom. The van der Waals surface area contributed by atoms with Crippen molar-refractivity contribution >= 4 is 16.7 Å². The van der Waals surface area contributed by atoms with Gasteiger partial charge in [-0.15, -0.1) is 0 Å². The summed E-state index contributed by atoms with van der Waals surface area (Å²) < 4.78 is 13.1. The van der Waals surface area contributed by atoms with Crippen molar-refractivity contribution in [3.8, 4) is 22.6 Å². The highest BCUT2D eigenvalue weighted by atomic mass is 16.5. The van der Waals surface area contributed by atoms with Gasteiger partial charge in [-0.3, -0.25) is 14.6 Å². The van der Waals surface area contributed by atoms with Crippen LogP contribution in [0.2, 0.25) is 0 Å². The number of aryl methyl sites for hydroxylation is 1. The summed E-state index contributed by atoms with van der Waals surface area (Å²) in [7, 11) is 6.72. The molecular formula is C24H27N3O4. The summed E-state index contributed by atoms with van der Waals surface area (Å²) in [5, 5.41) is 4.13. The highest BCUT2D eigenvalue weighted by molar-refractivity contribution is 5.95. The van der Waals surface area contributed by atoms with Gasteiger partial charge in [0.25, 0.3) is 5.56 Å². The molecule has 1 amide bonds. The molecule has 2 aromatic heterocycles. The summed E-state index contributed by atoms with van der Waals surface area (Å²) >= 11 is 0. The number of aromatic nitrogens is 2. The first-order valence-electron chi connectivity index (χ1n) is 10.4. The summed E-state index contributed by atoms with van der Waals surface area (Å²) in [6, 6.07) is 5.84. The van der Waals surface area contributed by atoms with E-state index in [0.717, 1.165) is 52.8 Å². The number of rotatable bonds is 6. The smallest absolute Gasteiger partial charge is 0.259 e. The average molecular weight is 421 g/mol. The fourth-order valence-electron chi connectivity index (χ4n) is 4.49. The van der Waals surface area contributed by atoms with E-state index in [1.54, 1.807) is 45.3 Å². The number of fused-ring (bicyclic) bond motifs is 1. The van der Waals surface area contributed by atoms with Crippen LogP contribution in [-0.2, 0) is 18.3 Å². The summed E-state index contributed by atoms with van der Waals surface area (Å²) in [5.74, 6) is 2.11. The zero-order valence-corrected chi connectivity index (χ0v) is 18.3. The number of amides is 1. The van der Waals surface area contributed by atoms with Crippen LogP contribution in [0.25, 0.3) is 21.9 Å². The molecule has 4 rings (SSSR count). The third-order valence-electron chi connectivity index (χ3n) is 6.25. The first-order valence-corrected chi connectivity index (χ1v) is 10.4. The Balaban J connectivity index is 1.74. The van der Waals surface area contributed by atoms with E-state index < -0.39 is 0 Å². The number of nitrogens with zero attached hydrogens (tertiary/aromatic N) is 2. The molecule has 0 bridgehead atoms. The van der Waals surface area contributed by atoms with Gasteiger partial charge >= 0.3 is 0 Å². The van der Waals surface area contributed by atoms with E-state index in [-0.39, 0.29) is 17.4 Å². The van der Waals surface area contributed by atoms with Crippen LogP contribution in [0.4, 0.5) is 0 Å². The van der Waals surface area contributed by atoms with E-state index in [0.29, 0.717) is 11.3 Å². The summed E-state index contributed by atoms with van der Waals surface area (Å²) in [5.41, 5.74) is 2.73. The Hall–Kier alpha value is -3.35. The minimum atomic E-state index is -0.0851. The molecule has 162 valence electrons. The fraction of sp³-hybridized carbons (Fsp3) is 0.375. The molecule has 1 aliphatic carbocycles. The lowest BCUT2D eigenvalue weighted by Gasteiger charge is -2.34. The van der Waals surface area contributed by atoms with Gasteiger partial charge in [-0.25, -0.2) is 0 Å². The maximum Gasteiger partial charge on any atom is 0.259 e. The van der Waals surface area contributed by atoms with Gasteiger partial charge in [-0.05, 0) is 54.3 Å². The molecule has 7 heteroatoms. The van der Waals surface area contributed by atoms with E-state index in [1.807, 2.05) is 24.4 Å². The zero-order chi connectivity index (χ0) is 22.1. The topological polar surface area (TPSA) is 82.5 Å². The Bertz CT molecular complexity index is 1170. The van der Waals surface area contributed by atoms with Crippen molar-refractivity contribution in [3.63, 3.8) is 0 Å². The first kappa shape index (κ1) is 20.9. The van der Waals surface area contributed by atoms with E-state index >= 15 is 0 Å². The van der Waals surface area contributed by atoms with Crippen molar-refractivity contribution in [2.45, 2.75) is 19.3 Å². The SMILES string of the molecule is CNC(=O)C1CC(Cc2c(OC)cc(-c3cn(C)c(=O)c4cnccc34)cc2OC)C1. The molecule has 1 aromatic carbocycles. The van der Waals surface area contributed by atoms with E-state index in [4.69, 9.17) is 9.47 Å². The van der Waals surface area contributed by atoms with E-state index in [1.165, 1.54) is 0 Å². The summed E-state index contributed by atoms with van der Waals surface area (Å²) in [4.78, 5) is 28.4. The molecule has 1 saturated carbocycles. The highest BCUT2D eigenvalue weighted by Crippen LogP contribution is 2.43. The number of methoxy groups -OCH3 is 2. The standard InChI is InChI=1S/C24H27N3O4/c1-25-23(28)16-7-14(8-16)9-18-21(30-3)10-15(11-22(18)31-4)20-13-27(2)24(29)19-12-26-6-5-17(19)20/h5-6,10-14,16H,7-9H2,1-4H3,(H,25,28). The van der Waals surface area contributed by atoms with Crippen molar-refractivity contribution in [3.05, 3.63) is 52.7 Å². The molecule has 1 fully saturated rings. The van der Waals surface area contributed by atoms with Crippen LogP contribution >= 0.6 is 0 Å². The minimum Gasteiger partial charge on any atom is -0.496 e. The second-order valence-corrected chi connectivity index (χ2v) is 8.09. The Morgan fingerprint density at radius 1 is 1.19 bits per heavy atom. The highest BCUT2D eigenvalue weighted by Gasteiger charge is 2.35. The summed E-state index contributed by atoms with van der Waals surface area (Å²) in [6.45, 7) is 0. The van der Waals surface area contributed by atoms with Gasteiger partial charge in [0.15, 0.2) is 0 Å². The lowest BCUT2D eigenvalue weighted by Crippen LogP contribution is -2.37. The normalized spacial score (nSPS) is 17.8. The van der Waals surface area contributed by atoms with Gasteiger partial charge in [-0.2, -0.15) is 0 Å². The van der Waals surface area contributed by atoms with Gasteiger partial charge in [0.1, 0.15) is 11.5 Å². The molecule has 1 N–H and O–H groups in total. The molecule has 0 atom stereocenters. The lowest BCUT2D eigenvalue weighted by atomic mass is 9.71. The van der Waals surface area contributed by atoms with Crippen LogP contribution in [0.1, 0.15) is 18.4 Å². The molecule has 0 radical (unpaired) electrons. The van der Waals surface area contributed by atoms with Crippen molar-refractivity contribution in [2.24, 2.45) is 18.9 Å². The Kier molecular flexibility index (Phi) is 5.67. The molecule has 3 aromatic rings. The van der Waals surface area contributed by atoms with Gasteiger partial charge in [0.05, 0.1) is 19.6 Å². The largest absolute Gasteiger partial charge is 0.496 e. The van der Waals surface area contributed by atoms with E-state index in [2.05, 4.69) is 10.3 Å². The van der Waals surface area contributed by atoms with Gasteiger partial charge in [-0.1, -0.05) is 0 Å². The number of nitrogens with one attached hydrogen (secondary N) is 1. The number of hydrogen-bond donors (Lipinski definition) is 1. The number of carbonyl (C=O) groups excluding carboxylic acids is 1. The molecular weight excluding hydrogens is 394 g/mol. The van der Waals surface area contributed by atoms with Crippen LogP contribution in [0.3, 0.4) is 0 Å². The lowest BCUT2D eigenvalue weighted by molar-refractivity contribution is -0.128. The molecule has 0 spiro atoms. The van der Waals surface area contributed by atoms with Gasteiger partial charge in [0, 0.05) is 49.7 Å². The third-order valence-corrected chi connectivity index (χ3v) is 6.25. The van der Waals surface area contributed by atoms with Crippen LogP contribution in [-0.4, -0.2) is 36.7 Å². The van der Waals surface area contributed by atoms with Crippen LogP contribution in [0.15, 0.2) is 41.6 Å². The quantitative estimate of drug-likeness (QED) is 0.662. The third kappa shape index (κ3) is 3.76. The Morgan fingerprint density at radius 3 is 2.48 bits per heavy atom. The number of ether oxygens (including phenoxy) is 2. The molecule has 1 aliphatic rings. The summed E-state index contributed by atoms with van der Waals surface area (Å²) in [6.07, 6.45) is 7.64. The number of benzene rings is 1. The fourth-order valence-corrected chi connectivity index (χ4v) is 4.49. The predicted molar refractivity (Wildman–Crippen MR) is 120 cm³/mol. The zero-order valence-electron chi connectivity index (χ0n) is 18.3. The van der Waals surface area contributed by atoms with Crippen molar-refractivity contribution < 1.29 is 14.3 Å². The van der Waals surface area contributed by atoms with Crippen molar-refractivity contribution in [1.29, 1.82) is 0 Å². The first-order chi connectivity index (χ1) is 15.0. The Labute approximate surface area is 181 Å². The van der Waals surface area contributed by atoms with Crippen LogP contribution in [0.5, 0.6) is 11.5 Å². The van der Waals surface area contributed by atoms with Crippen LogP contribution < -0.4 is 20.3 Å². The van der Waals surface area contributed by atoms with Gasteiger partial charge in [0.2, 0.25) is 5.91 Å². The van der Waals surface area contributed by atoms with Crippen molar-refractivity contribution in [2.75, 3.05) is 21.3 Å². The minimum absolute atomic E-state index is 0.0851. The maximum atomic E-state index is 12.5. The van der Waals surface area contributed by atoms with E-state index in [9.17, 15) is 9.59 Å². The molecule has 7 nitrogen and oxygen atoms in total. The average Bonchev–Trinajstić information content (AvgIpc) is 2.77. The monoisotopic (exact) mass is 421 g/mol. The molecule has 0 saturated heterocycles. The second-order valence-electron chi connectivity index (χ2n) is 8.09.